The SMILES string of the molecule is Cc1cc(C)c2c(S(=O)(=O)N(C)Cc3ccccc3)nn(C)c2n1. The summed E-state index contributed by atoms with van der Waals surface area (Å²) in [5.41, 5.74) is 3.20. The number of hydrogen-bond donors (Lipinski definition) is 0. The Balaban J connectivity index is 2.09. The molecular weight excluding hydrogens is 324 g/mol. The molecule has 2 heterocycles. The summed E-state index contributed by atoms with van der Waals surface area (Å²) in [6, 6.07) is 11.4. The molecule has 126 valence electrons. The lowest BCUT2D eigenvalue weighted by Gasteiger charge is -2.16. The van der Waals surface area contributed by atoms with E-state index in [-0.39, 0.29) is 5.03 Å². The van der Waals surface area contributed by atoms with E-state index in [4.69, 9.17) is 0 Å². The normalized spacial score (nSPS) is 12.2. The monoisotopic (exact) mass is 344 g/mol. The third-order valence-corrected chi connectivity index (χ3v) is 5.71. The summed E-state index contributed by atoms with van der Waals surface area (Å²) >= 11 is 0. The average Bonchev–Trinajstić information content (AvgIpc) is 2.86. The summed E-state index contributed by atoms with van der Waals surface area (Å²) < 4.78 is 28.9. The van der Waals surface area contributed by atoms with Gasteiger partial charge in [0.15, 0.2) is 5.65 Å². The minimum atomic E-state index is -3.72. The molecular formula is C17H20N4O2S. The summed E-state index contributed by atoms with van der Waals surface area (Å²) in [6.07, 6.45) is 0. The zero-order chi connectivity index (χ0) is 17.5. The van der Waals surface area contributed by atoms with Gasteiger partial charge < -0.3 is 0 Å². The number of rotatable bonds is 4. The topological polar surface area (TPSA) is 68.1 Å². The van der Waals surface area contributed by atoms with E-state index in [1.165, 1.54) is 8.99 Å². The Kier molecular flexibility index (Phi) is 4.15. The first-order valence-electron chi connectivity index (χ1n) is 7.62. The molecule has 0 spiro atoms. The fourth-order valence-electron chi connectivity index (χ4n) is 2.80. The molecule has 0 amide bonds. The highest BCUT2D eigenvalue weighted by atomic mass is 32.2. The van der Waals surface area contributed by atoms with Crippen LogP contribution in [0.4, 0.5) is 0 Å². The Bertz CT molecular complexity index is 994. The van der Waals surface area contributed by atoms with Gasteiger partial charge in [0, 0.05) is 26.3 Å². The average molecular weight is 344 g/mol. The van der Waals surface area contributed by atoms with Gasteiger partial charge in [-0.2, -0.15) is 9.40 Å². The van der Waals surface area contributed by atoms with E-state index in [1.54, 1.807) is 14.1 Å². The zero-order valence-electron chi connectivity index (χ0n) is 14.2. The van der Waals surface area contributed by atoms with E-state index in [1.807, 2.05) is 50.2 Å². The summed E-state index contributed by atoms with van der Waals surface area (Å²) in [7, 11) is -0.435. The molecule has 3 rings (SSSR count). The second-order valence-electron chi connectivity index (χ2n) is 5.95. The van der Waals surface area contributed by atoms with Crippen molar-refractivity contribution in [1.82, 2.24) is 19.1 Å². The maximum absolute atomic E-state index is 13.0. The summed E-state index contributed by atoms with van der Waals surface area (Å²) in [4.78, 5) is 4.43. The fourth-order valence-corrected chi connectivity index (χ4v) is 4.15. The van der Waals surface area contributed by atoms with E-state index in [2.05, 4.69) is 10.1 Å². The zero-order valence-corrected chi connectivity index (χ0v) is 15.0. The molecule has 0 fully saturated rings. The number of hydrogen-bond acceptors (Lipinski definition) is 4. The molecule has 24 heavy (non-hydrogen) atoms. The number of nitrogens with zero attached hydrogens (tertiary/aromatic N) is 4. The molecule has 7 heteroatoms. The molecule has 0 aliphatic heterocycles. The molecule has 0 aliphatic carbocycles. The maximum atomic E-state index is 13.0. The molecule has 6 nitrogen and oxygen atoms in total. The fraction of sp³-hybridized carbons (Fsp3) is 0.294. The van der Waals surface area contributed by atoms with E-state index in [0.717, 1.165) is 16.8 Å². The van der Waals surface area contributed by atoms with Crippen LogP contribution in [0.1, 0.15) is 16.8 Å². The van der Waals surface area contributed by atoms with E-state index >= 15 is 0 Å². The van der Waals surface area contributed by atoms with Crippen LogP contribution in [0.5, 0.6) is 0 Å². The Labute approximate surface area is 141 Å². The maximum Gasteiger partial charge on any atom is 0.263 e. The molecule has 0 aliphatic rings. The Morgan fingerprint density at radius 1 is 1.17 bits per heavy atom. The molecule has 0 atom stereocenters. The molecule has 2 aromatic heterocycles. The van der Waals surface area contributed by atoms with Crippen molar-refractivity contribution in [2.75, 3.05) is 7.05 Å². The van der Waals surface area contributed by atoms with Crippen molar-refractivity contribution >= 4 is 21.1 Å². The molecule has 0 radical (unpaired) electrons. The molecule has 0 saturated heterocycles. The van der Waals surface area contributed by atoms with Gasteiger partial charge in [-0.05, 0) is 31.0 Å². The third kappa shape index (κ3) is 2.81. The lowest BCUT2D eigenvalue weighted by Crippen LogP contribution is -2.27. The number of aromatic nitrogens is 3. The van der Waals surface area contributed by atoms with Gasteiger partial charge in [0.1, 0.15) is 0 Å². The van der Waals surface area contributed by atoms with Crippen LogP contribution in [0.2, 0.25) is 0 Å². The smallest absolute Gasteiger partial charge is 0.249 e. The standard InChI is InChI=1S/C17H20N4O2S/c1-12-10-13(2)18-16-15(12)17(19-21(16)4)24(22,23)20(3)11-14-8-6-5-7-9-14/h5-10H,11H2,1-4H3. The van der Waals surface area contributed by atoms with Gasteiger partial charge in [0.2, 0.25) is 5.03 Å². The Hall–Kier alpha value is -2.25. The van der Waals surface area contributed by atoms with Crippen molar-refractivity contribution in [2.45, 2.75) is 25.4 Å². The van der Waals surface area contributed by atoms with Gasteiger partial charge in [0.05, 0.1) is 5.39 Å². The first-order valence-corrected chi connectivity index (χ1v) is 9.06. The first kappa shape index (κ1) is 16.6. The van der Waals surface area contributed by atoms with Crippen molar-refractivity contribution in [3.63, 3.8) is 0 Å². The van der Waals surface area contributed by atoms with Crippen LogP contribution in [0, 0.1) is 13.8 Å². The number of fused-ring (bicyclic) bond motifs is 1. The second-order valence-corrected chi connectivity index (χ2v) is 7.91. The lowest BCUT2D eigenvalue weighted by molar-refractivity contribution is 0.463. The highest BCUT2D eigenvalue weighted by molar-refractivity contribution is 7.89. The highest BCUT2D eigenvalue weighted by Crippen LogP contribution is 2.27. The molecule has 0 saturated carbocycles. The van der Waals surface area contributed by atoms with Gasteiger partial charge in [0.25, 0.3) is 10.0 Å². The van der Waals surface area contributed by atoms with Gasteiger partial charge in [-0.25, -0.2) is 18.1 Å². The molecule has 3 aromatic rings. The van der Waals surface area contributed by atoms with Gasteiger partial charge in [-0.15, -0.1) is 0 Å². The van der Waals surface area contributed by atoms with Crippen LogP contribution in [-0.2, 0) is 23.6 Å². The van der Waals surface area contributed by atoms with Crippen LogP contribution >= 0.6 is 0 Å². The highest BCUT2D eigenvalue weighted by Gasteiger charge is 2.28. The molecule has 1 aromatic carbocycles. The molecule has 0 N–H and O–H groups in total. The summed E-state index contributed by atoms with van der Waals surface area (Å²) in [5.74, 6) is 0. The quantitative estimate of drug-likeness (QED) is 0.729. The van der Waals surface area contributed by atoms with Crippen LogP contribution in [-0.4, -0.2) is 34.5 Å². The van der Waals surface area contributed by atoms with Crippen molar-refractivity contribution in [2.24, 2.45) is 7.05 Å². The van der Waals surface area contributed by atoms with Crippen molar-refractivity contribution in [3.8, 4) is 0 Å². The van der Waals surface area contributed by atoms with Crippen molar-refractivity contribution in [3.05, 3.63) is 53.2 Å². The minimum absolute atomic E-state index is 0.0587. The van der Waals surface area contributed by atoms with E-state index < -0.39 is 10.0 Å². The van der Waals surface area contributed by atoms with Crippen molar-refractivity contribution < 1.29 is 8.42 Å². The molecule has 0 bridgehead atoms. The van der Waals surface area contributed by atoms with Crippen LogP contribution in [0.25, 0.3) is 11.0 Å². The van der Waals surface area contributed by atoms with E-state index in [0.29, 0.717) is 17.6 Å². The summed E-state index contributed by atoms with van der Waals surface area (Å²) in [6.45, 7) is 4.06. The number of sulfonamides is 1. The lowest BCUT2D eigenvalue weighted by atomic mass is 10.2. The minimum Gasteiger partial charge on any atom is -0.249 e. The number of aryl methyl sites for hydroxylation is 3. The van der Waals surface area contributed by atoms with Gasteiger partial charge in [-0.1, -0.05) is 30.3 Å². The largest absolute Gasteiger partial charge is 0.263 e. The summed E-state index contributed by atoms with van der Waals surface area (Å²) in [5, 5.41) is 4.90. The third-order valence-electron chi connectivity index (χ3n) is 3.99. The number of benzene rings is 1. The first-order chi connectivity index (χ1) is 11.3. The Morgan fingerprint density at radius 2 is 1.83 bits per heavy atom. The van der Waals surface area contributed by atoms with E-state index in [9.17, 15) is 8.42 Å². The number of pyridine rings is 1. The van der Waals surface area contributed by atoms with Crippen LogP contribution in [0.3, 0.4) is 0 Å². The van der Waals surface area contributed by atoms with Gasteiger partial charge in [-0.3, -0.25) is 0 Å². The molecule has 0 unspecified atom stereocenters. The second kappa shape index (κ2) is 5.99. The van der Waals surface area contributed by atoms with Crippen LogP contribution in [0.15, 0.2) is 41.4 Å². The van der Waals surface area contributed by atoms with Crippen molar-refractivity contribution in [1.29, 1.82) is 0 Å². The van der Waals surface area contributed by atoms with Crippen LogP contribution < -0.4 is 0 Å². The predicted octanol–water partition coefficient (Wildman–Crippen LogP) is 2.41. The Morgan fingerprint density at radius 3 is 2.50 bits per heavy atom. The van der Waals surface area contributed by atoms with Gasteiger partial charge >= 0.3 is 0 Å². The predicted molar refractivity (Wildman–Crippen MR) is 93.1 cm³/mol.